The van der Waals surface area contributed by atoms with E-state index in [-0.39, 0.29) is 22.8 Å². The largest absolute Gasteiger partial charge is 0.313 e. The monoisotopic (exact) mass is 432 g/mol. The fourth-order valence-corrected chi connectivity index (χ4v) is 4.52. The van der Waals surface area contributed by atoms with Crippen LogP contribution in [0.2, 0.25) is 0 Å². The van der Waals surface area contributed by atoms with Gasteiger partial charge in [0, 0.05) is 11.4 Å². The first kappa shape index (κ1) is 19.1. The summed E-state index contributed by atoms with van der Waals surface area (Å²) in [6.45, 7) is 0. The van der Waals surface area contributed by atoms with Crippen LogP contribution in [0.4, 0.5) is 10.1 Å². The van der Waals surface area contributed by atoms with E-state index < -0.39 is 0 Å². The SMILES string of the molecule is Br.Fc1ccc(-c2csc(=Nc3ccccc3)n2C2CCCCC2)cc1. The van der Waals surface area contributed by atoms with E-state index in [1.54, 1.807) is 11.3 Å². The number of para-hydroxylation sites is 1. The molecule has 4 rings (SSSR count). The average molecular weight is 433 g/mol. The summed E-state index contributed by atoms with van der Waals surface area (Å²) in [6.07, 6.45) is 6.22. The van der Waals surface area contributed by atoms with Crippen LogP contribution >= 0.6 is 28.3 Å². The predicted molar refractivity (Wildman–Crippen MR) is 112 cm³/mol. The molecule has 0 bridgehead atoms. The lowest BCUT2D eigenvalue weighted by Gasteiger charge is -2.25. The van der Waals surface area contributed by atoms with Gasteiger partial charge in [0.05, 0.1) is 11.4 Å². The normalized spacial score (nSPS) is 15.7. The van der Waals surface area contributed by atoms with Crippen LogP contribution in [0.15, 0.2) is 65.0 Å². The van der Waals surface area contributed by atoms with Crippen molar-refractivity contribution in [2.45, 2.75) is 38.1 Å². The molecule has 0 N–H and O–H groups in total. The van der Waals surface area contributed by atoms with Gasteiger partial charge < -0.3 is 4.57 Å². The molecule has 5 heteroatoms. The molecule has 1 aromatic heterocycles. The molecule has 2 nitrogen and oxygen atoms in total. The van der Waals surface area contributed by atoms with Crippen molar-refractivity contribution < 1.29 is 4.39 Å². The quantitative estimate of drug-likeness (QED) is 0.439. The molecule has 3 aromatic rings. The molecule has 1 aliphatic rings. The van der Waals surface area contributed by atoms with Crippen molar-refractivity contribution in [2.75, 3.05) is 0 Å². The van der Waals surface area contributed by atoms with Crippen LogP contribution in [0.25, 0.3) is 11.3 Å². The summed E-state index contributed by atoms with van der Waals surface area (Å²) in [5.41, 5.74) is 3.17. The van der Waals surface area contributed by atoms with Crippen LogP contribution in [0.5, 0.6) is 0 Å². The summed E-state index contributed by atoms with van der Waals surface area (Å²) >= 11 is 1.67. The number of hydrogen-bond donors (Lipinski definition) is 0. The third-order valence-electron chi connectivity index (χ3n) is 4.80. The molecule has 136 valence electrons. The van der Waals surface area contributed by atoms with Gasteiger partial charge in [-0.3, -0.25) is 0 Å². The van der Waals surface area contributed by atoms with E-state index in [9.17, 15) is 4.39 Å². The molecule has 0 amide bonds. The molecule has 2 aromatic carbocycles. The number of thiazole rings is 1. The smallest absolute Gasteiger partial charge is 0.190 e. The highest BCUT2D eigenvalue weighted by Gasteiger charge is 2.20. The van der Waals surface area contributed by atoms with Crippen LogP contribution in [-0.2, 0) is 0 Å². The highest BCUT2D eigenvalue weighted by Crippen LogP contribution is 2.32. The maximum atomic E-state index is 13.3. The van der Waals surface area contributed by atoms with Crippen LogP contribution in [0.3, 0.4) is 0 Å². The number of aromatic nitrogens is 1. The van der Waals surface area contributed by atoms with Gasteiger partial charge in [-0.25, -0.2) is 9.38 Å². The van der Waals surface area contributed by atoms with Gasteiger partial charge in [0.15, 0.2) is 4.80 Å². The minimum Gasteiger partial charge on any atom is -0.313 e. The molecule has 1 aliphatic carbocycles. The van der Waals surface area contributed by atoms with Gasteiger partial charge in [0.25, 0.3) is 0 Å². The third kappa shape index (κ3) is 4.15. The summed E-state index contributed by atoms with van der Waals surface area (Å²) in [5.74, 6) is -0.197. The Kier molecular flexibility index (Phi) is 6.43. The van der Waals surface area contributed by atoms with Crippen molar-refractivity contribution in [3.8, 4) is 11.3 Å². The van der Waals surface area contributed by atoms with Gasteiger partial charge >= 0.3 is 0 Å². The maximum absolute atomic E-state index is 13.3. The van der Waals surface area contributed by atoms with E-state index in [0.29, 0.717) is 6.04 Å². The first-order valence-electron chi connectivity index (χ1n) is 8.87. The standard InChI is InChI=1S/C21H21FN2S.BrH/c22-17-13-11-16(12-14-17)20-15-25-21(23-18-7-3-1-4-8-18)24(20)19-9-5-2-6-10-19;/h1,3-4,7-8,11-15,19H,2,5-6,9-10H2;1H. The fraction of sp³-hybridized carbons (Fsp3) is 0.286. The average Bonchev–Trinajstić information content (AvgIpc) is 3.07. The van der Waals surface area contributed by atoms with Crippen molar-refractivity contribution in [3.63, 3.8) is 0 Å². The predicted octanol–water partition coefficient (Wildman–Crippen LogP) is 6.67. The Labute approximate surface area is 167 Å². The zero-order valence-corrected chi connectivity index (χ0v) is 17.0. The highest BCUT2D eigenvalue weighted by atomic mass is 79.9. The molecule has 0 atom stereocenters. The van der Waals surface area contributed by atoms with Gasteiger partial charge in [-0.2, -0.15) is 0 Å². The Balaban J connectivity index is 0.00000196. The van der Waals surface area contributed by atoms with E-state index >= 15 is 0 Å². The molecule has 26 heavy (non-hydrogen) atoms. The molecule has 0 aliphatic heterocycles. The number of rotatable bonds is 3. The Bertz CT molecular complexity index is 894. The first-order chi connectivity index (χ1) is 12.3. The van der Waals surface area contributed by atoms with Crippen LogP contribution < -0.4 is 4.80 Å². The van der Waals surface area contributed by atoms with Crippen molar-refractivity contribution >= 4 is 34.0 Å². The Hall–Kier alpha value is -1.72. The number of hydrogen-bond acceptors (Lipinski definition) is 2. The first-order valence-corrected chi connectivity index (χ1v) is 9.75. The topological polar surface area (TPSA) is 17.3 Å². The molecule has 0 spiro atoms. The highest BCUT2D eigenvalue weighted by molar-refractivity contribution is 8.93. The van der Waals surface area contributed by atoms with E-state index in [1.165, 1.54) is 44.2 Å². The summed E-state index contributed by atoms with van der Waals surface area (Å²) in [6, 6.07) is 17.4. The van der Waals surface area contributed by atoms with E-state index in [2.05, 4.69) is 9.95 Å². The molecule has 0 radical (unpaired) electrons. The molecular weight excluding hydrogens is 411 g/mol. The lowest BCUT2D eigenvalue weighted by atomic mass is 9.95. The lowest BCUT2D eigenvalue weighted by Crippen LogP contribution is -2.23. The zero-order chi connectivity index (χ0) is 17.1. The van der Waals surface area contributed by atoms with Gasteiger partial charge in [-0.15, -0.1) is 28.3 Å². The van der Waals surface area contributed by atoms with Gasteiger partial charge in [-0.1, -0.05) is 37.5 Å². The Morgan fingerprint density at radius 1 is 0.923 bits per heavy atom. The van der Waals surface area contributed by atoms with E-state index in [1.807, 2.05) is 42.5 Å². The van der Waals surface area contributed by atoms with Crippen LogP contribution in [0, 0.1) is 5.82 Å². The van der Waals surface area contributed by atoms with Crippen molar-refractivity contribution in [1.82, 2.24) is 4.57 Å². The van der Waals surface area contributed by atoms with Gasteiger partial charge in [0.2, 0.25) is 0 Å². The second-order valence-corrected chi connectivity index (χ2v) is 7.36. The summed E-state index contributed by atoms with van der Waals surface area (Å²) in [4.78, 5) is 5.91. The molecule has 1 saturated carbocycles. The summed E-state index contributed by atoms with van der Waals surface area (Å²) < 4.78 is 15.7. The van der Waals surface area contributed by atoms with E-state index in [0.717, 1.165) is 21.7 Å². The summed E-state index contributed by atoms with van der Waals surface area (Å²) in [5, 5.41) is 2.16. The third-order valence-corrected chi connectivity index (χ3v) is 5.64. The molecular formula is C21H22BrFN2S. The minimum absolute atomic E-state index is 0. The number of halogens is 2. The molecule has 0 saturated heterocycles. The second kappa shape index (κ2) is 8.78. The van der Waals surface area contributed by atoms with Crippen LogP contribution in [0.1, 0.15) is 38.1 Å². The molecule has 1 heterocycles. The minimum atomic E-state index is -0.197. The van der Waals surface area contributed by atoms with Gasteiger partial charge in [-0.05, 0) is 54.8 Å². The Morgan fingerprint density at radius 2 is 1.62 bits per heavy atom. The van der Waals surface area contributed by atoms with Crippen molar-refractivity contribution in [1.29, 1.82) is 0 Å². The molecule has 1 fully saturated rings. The fourth-order valence-electron chi connectivity index (χ4n) is 3.54. The second-order valence-electron chi connectivity index (χ2n) is 6.52. The summed E-state index contributed by atoms with van der Waals surface area (Å²) in [7, 11) is 0. The maximum Gasteiger partial charge on any atom is 0.190 e. The Morgan fingerprint density at radius 3 is 2.31 bits per heavy atom. The number of nitrogens with zero attached hydrogens (tertiary/aromatic N) is 2. The van der Waals surface area contributed by atoms with Gasteiger partial charge in [0.1, 0.15) is 5.82 Å². The van der Waals surface area contributed by atoms with Crippen molar-refractivity contribution in [2.24, 2.45) is 4.99 Å². The lowest BCUT2D eigenvalue weighted by molar-refractivity contribution is 0.351. The molecule has 0 unspecified atom stereocenters. The van der Waals surface area contributed by atoms with E-state index in [4.69, 9.17) is 4.99 Å². The van der Waals surface area contributed by atoms with Crippen molar-refractivity contribution in [3.05, 3.63) is 70.6 Å². The van der Waals surface area contributed by atoms with Crippen LogP contribution in [-0.4, -0.2) is 4.57 Å². The number of benzene rings is 2. The zero-order valence-electron chi connectivity index (χ0n) is 14.5.